The zero-order valence-electron chi connectivity index (χ0n) is 17.0. The van der Waals surface area contributed by atoms with E-state index in [0.717, 1.165) is 30.4 Å². The minimum absolute atomic E-state index is 0.0849. The maximum Gasteiger partial charge on any atom is 0.349 e. The number of nitrogens with zero attached hydrogens (tertiary/aromatic N) is 6. The third-order valence-electron chi connectivity index (χ3n) is 5.75. The van der Waals surface area contributed by atoms with Gasteiger partial charge in [0.15, 0.2) is 0 Å². The van der Waals surface area contributed by atoms with E-state index in [1.807, 2.05) is 4.98 Å². The lowest BCUT2D eigenvalue weighted by atomic mass is 10.2. The number of H-pyrrole nitrogens is 1. The van der Waals surface area contributed by atoms with E-state index in [2.05, 4.69) is 10.2 Å². The lowest BCUT2D eigenvalue weighted by Gasteiger charge is -2.15. The van der Waals surface area contributed by atoms with Gasteiger partial charge in [0.25, 0.3) is 11.1 Å². The van der Waals surface area contributed by atoms with Crippen LogP contribution < -0.4 is 16.8 Å². The second-order valence-corrected chi connectivity index (χ2v) is 8.51. The number of pyridine rings is 1. The fourth-order valence-electron chi connectivity index (χ4n) is 4.28. The maximum absolute atomic E-state index is 12.6. The number of hydrogen-bond donors (Lipinski definition) is 1. The quantitative estimate of drug-likeness (QED) is 0.476. The molecule has 1 fully saturated rings. The van der Waals surface area contributed by atoms with Gasteiger partial charge in [-0.25, -0.2) is 9.48 Å². The van der Waals surface area contributed by atoms with E-state index in [0.29, 0.717) is 16.7 Å². The maximum atomic E-state index is 12.6. The Kier molecular flexibility index (Phi) is 5.15. The number of nitriles is 1. The molecule has 0 aliphatic heterocycles. The van der Waals surface area contributed by atoms with Crippen molar-refractivity contribution in [2.75, 3.05) is 0 Å². The van der Waals surface area contributed by atoms with Gasteiger partial charge in [-0.2, -0.15) is 15.0 Å². The van der Waals surface area contributed by atoms with Crippen LogP contribution in [-0.4, -0.2) is 29.1 Å². The average molecular weight is 484 g/mol. The first-order chi connectivity index (χ1) is 15.9. The molecule has 12 heteroatoms. The fourth-order valence-corrected chi connectivity index (χ4v) is 4.92. The molecule has 0 unspecified atom stereocenters. The lowest BCUT2D eigenvalue weighted by molar-refractivity contribution is 0.519. The van der Waals surface area contributed by atoms with Crippen molar-refractivity contribution in [3.63, 3.8) is 0 Å². The van der Waals surface area contributed by atoms with Gasteiger partial charge in [0.1, 0.15) is 11.8 Å². The predicted molar refractivity (Wildman–Crippen MR) is 122 cm³/mol. The second kappa shape index (κ2) is 8.03. The van der Waals surface area contributed by atoms with Crippen molar-refractivity contribution in [1.29, 1.82) is 5.26 Å². The summed E-state index contributed by atoms with van der Waals surface area (Å²) >= 11 is 13.1. The van der Waals surface area contributed by atoms with Crippen molar-refractivity contribution in [3.05, 3.63) is 77.4 Å². The van der Waals surface area contributed by atoms with E-state index in [1.54, 1.807) is 27.6 Å². The Morgan fingerprint density at radius 1 is 1.03 bits per heavy atom. The van der Waals surface area contributed by atoms with E-state index < -0.39 is 16.9 Å². The van der Waals surface area contributed by atoms with Crippen molar-refractivity contribution in [2.45, 2.75) is 31.7 Å². The van der Waals surface area contributed by atoms with Crippen LogP contribution in [0.25, 0.3) is 22.4 Å². The molecule has 0 amide bonds. The minimum atomic E-state index is -0.885. The van der Waals surface area contributed by atoms with Crippen LogP contribution in [0.4, 0.5) is 0 Å². The van der Waals surface area contributed by atoms with Crippen LogP contribution in [-0.2, 0) is 0 Å². The van der Waals surface area contributed by atoms with Crippen LogP contribution in [0.15, 0.2) is 44.8 Å². The molecular weight excluding hydrogens is 469 g/mol. The standard InChI is InChI=1S/C21H15Cl2N7O3/c22-13-7-12(29-21(33)26-20(32)15(9-24)27-29)8-14(23)19(13)30-16-5-6-18(31)28(17(16)10-25-30)11-3-1-2-4-11/h5-8,10-11H,1-4H2,(H,26,32,33). The third-order valence-corrected chi connectivity index (χ3v) is 6.32. The van der Waals surface area contributed by atoms with Gasteiger partial charge >= 0.3 is 5.69 Å². The van der Waals surface area contributed by atoms with E-state index >= 15 is 0 Å². The monoisotopic (exact) mass is 483 g/mol. The largest absolute Gasteiger partial charge is 0.349 e. The van der Waals surface area contributed by atoms with Gasteiger partial charge in [-0.3, -0.25) is 14.6 Å². The summed E-state index contributed by atoms with van der Waals surface area (Å²) in [5.41, 5.74) is -0.440. The van der Waals surface area contributed by atoms with Gasteiger partial charge in [-0.15, -0.1) is 5.10 Å². The molecule has 0 atom stereocenters. The Hall–Kier alpha value is -3.68. The highest BCUT2D eigenvalue weighted by atomic mass is 35.5. The van der Waals surface area contributed by atoms with E-state index in [1.165, 1.54) is 18.2 Å². The molecule has 1 N–H and O–H groups in total. The molecule has 0 radical (unpaired) electrons. The highest BCUT2D eigenvalue weighted by Crippen LogP contribution is 2.34. The molecule has 0 bridgehead atoms. The molecule has 1 saturated carbocycles. The number of aromatic nitrogens is 6. The Balaban J connectivity index is 1.67. The third kappa shape index (κ3) is 3.46. The predicted octanol–water partition coefficient (Wildman–Crippen LogP) is 2.71. The highest BCUT2D eigenvalue weighted by Gasteiger charge is 2.23. The van der Waals surface area contributed by atoms with Crippen LogP contribution in [0, 0.1) is 11.3 Å². The number of nitrogens with one attached hydrogen (secondary N) is 1. The molecule has 4 aromatic rings. The smallest absolute Gasteiger partial charge is 0.302 e. The summed E-state index contributed by atoms with van der Waals surface area (Å²) < 4.78 is 4.15. The van der Waals surface area contributed by atoms with Gasteiger partial charge < -0.3 is 4.57 Å². The summed E-state index contributed by atoms with van der Waals surface area (Å²) in [6.45, 7) is 0. The first-order valence-corrected chi connectivity index (χ1v) is 10.9. The average Bonchev–Trinajstić information content (AvgIpc) is 3.44. The van der Waals surface area contributed by atoms with Crippen molar-refractivity contribution >= 4 is 34.2 Å². The Morgan fingerprint density at radius 3 is 2.39 bits per heavy atom. The number of hydrogen-bond acceptors (Lipinski definition) is 6. The minimum Gasteiger partial charge on any atom is -0.302 e. The first-order valence-electron chi connectivity index (χ1n) is 10.1. The van der Waals surface area contributed by atoms with E-state index in [-0.39, 0.29) is 27.3 Å². The molecule has 3 heterocycles. The summed E-state index contributed by atoms with van der Waals surface area (Å²) in [6.07, 6.45) is 5.64. The van der Waals surface area contributed by atoms with Crippen LogP contribution in [0.3, 0.4) is 0 Å². The molecule has 10 nitrogen and oxygen atoms in total. The molecule has 33 heavy (non-hydrogen) atoms. The van der Waals surface area contributed by atoms with Gasteiger partial charge in [0, 0.05) is 12.1 Å². The van der Waals surface area contributed by atoms with Gasteiger partial charge in [-0.1, -0.05) is 36.0 Å². The molecule has 166 valence electrons. The van der Waals surface area contributed by atoms with Crippen molar-refractivity contribution in [1.82, 2.24) is 29.1 Å². The molecular formula is C21H15Cl2N7O3. The fraction of sp³-hybridized carbons (Fsp3) is 0.238. The Morgan fingerprint density at radius 2 is 1.73 bits per heavy atom. The highest BCUT2D eigenvalue weighted by molar-refractivity contribution is 6.38. The van der Waals surface area contributed by atoms with Crippen LogP contribution in [0.2, 0.25) is 10.0 Å². The number of fused-ring (bicyclic) bond motifs is 1. The van der Waals surface area contributed by atoms with E-state index in [4.69, 9.17) is 28.5 Å². The summed E-state index contributed by atoms with van der Waals surface area (Å²) in [5.74, 6) is 0. The van der Waals surface area contributed by atoms with E-state index in [9.17, 15) is 14.4 Å². The van der Waals surface area contributed by atoms with Crippen molar-refractivity contribution in [3.8, 4) is 17.4 Å². The lowest BCUT2D eigenvalue weighted by Crippen LogP contribution is -2.33. The Labute approximate surface area is 195 Å². The molecule has 3 aromatic heterocycles. The van der Waals surface area contributed by atoms with Crippen LogP contribution in [0.1, 0.15) is 37.4 Å². The van der Waals surface area contributed by atoms with Crippen molar-refractivity contribution in [2.24, 2.45) is 0 Å². The van der Waals surface area contributed by atoms with Gasteiger partial charge in [0.05, 0.1) is 33.0 Å². The number of benzene rings is 1. The van der Waals surface area contributed by atoms with Crippen LogP contribution in [0.5, 0.6) is 0 Å². The molecule has 1 aliphatic carbocycles. The molecule has 0 spiro atoms. The summed E-state index contributed by atoms with van der Waals surface area (Å²) in [6, 6.07) is 7.78. The first kappa shape index (κ1) is 21.2. The molecule has 1 aliphatic rings. The van der Waals surface area contributed by atoms with Gasteiger partial charge in [-0.05, 0) is 31.0 Å². The van der Waals surface area contributed by atoms with Crippen molar-refractivity contribution < 1.29 is 0 Å². The summed E-state index contributed by atoms with van der Waals surface area (Å²) in [4.78, 5) is 38.5. The SMILES string of the molecule is N#Cc1nn(-c2cc(Cl)c(-n3ncc4c3ccc(=O)n4C3CCCC3)c(Cl)c2)c(=O)[nH]c1=O. The molecule has 1 aromatic carbocycles. The second-order valence-electron chi connectivity index (χ2n) is 7.70. The normalized spacial score (nSPS) is 14.1. The zero-order valence-corrected chi connectivity index (χ0v) is 18.5. The topological polar surface area (TPSA) is 131 Å². The number of aromatic amines is 1. The zero-order chi connectivity index (χ0) is 23.3. The molecule has 0 saturated heterocycles. The molecule has 5 rings (SSSR count). The number of halogens is 2. The Bertz CT molecular complexity index is 1610. The number of rotatable bonds is 3. The summed E-state index contributed by atoms with van der Waals surface area (Å²) in [5, 5.41) is 17.6. The van der Waals surface area contributed by atoms with Crippen LogP contribution >= 0.6 is 23.2 Å². The summed E-state index contributed by atoms with van der Waals surface area (Å²) in [7, 11) is 0. The van der Waals surface area contributed by atoms with Gasteiger partial charge in [0.2, 0.25) is 5.69 Å².